The number of carbonyl (C=O) groups is 1. The van der Waals surface area contributed by atoms with E-state index in [1.807, 2.05) is 13.8 Å². The molecule has 0 aromatic rings. The molecule has 2 fully saturated rings. The summed E-state index contributed by atoms with van der Waals surface area (Å²) < 4.78 is 5.73. The standard InChI is InChI=1S/C16H28O2/c1-7-15(4,5)18-14(17)13-8-12-9-16(13,6)11(3)10(12)2/h10-13H,7-9H2,1-6H3. The maximum atomic E-state index is 12.4. The van der Waals surface area contributed by atoms with Crippen molar-refractivity contribution < 1.29 is 9.53 Å². The predicted molar refractivity (Wildman–Crippen MR) is 73.1 cm³/mol. The maximum Gasteiger partial charge on any atom is 0.310 e. The van der Waals surface area contributed by atoms with Crippen LogP contribution in [0.3, 0.4) is 0 Å². The maximum absolute atomic E-state index is 12.4. The fourth-order valence-corrected chi connectivity index (χ4v) is 4.06. The molecule has 0 radical (unpaired) electrons. The van der Waals surface area contributed by atoms with Crippen molar-refractivity contribution in [1.82, 2.24) is 0 Å². The van der Waals surface area contributed by atoms with Crippen LogP contribution in [0.25, 0.3) is 0 Å². The van der Waals surface area contributed by atoms with Gasteiger partial charge in [0.15, 0.2) is 0 Å². The van der Waals surface area contributed by atoms with Gasteiger partial charge in [0.25, 0.3) is 0 Å². The Hall–Kier alpha value is -0.530. The van der Waals surface area contributed by atoms with Gasteiger partial charge in [0.05, 0.1) is 5.92 Å². The van der Waals surface area contributed by atoms with Gasteiger partial charge in [0.1, 0.15) is 5.60 Å². The summed E-state index contributed by atoms with van der Waals surface area (Å²) in [6, 6.07) is 0. The molecule has 5 unspecified atom stereocenters. The van der Waals surface area contributed by atoms with Gasteiger partial charge in [-0.3, -0.25) is 4.79 Å². The van der Waals surface area contributed by atoms with Crippen LogP contribution in [-0.2, 0) is 9.53 Å². The second kappa shape index (κ2) is 4.25. The summed E-state index contributed by atoms with van der Waals surface area (Å²) in [5, 5.41) is 0. The molecule has 0 N–H and O–H groups in total. The van der Waals surface area contributed by atoms with E-state index in [2.05, 4.69) is 27.7 Å². The lowest BCUT2D eigenvalue weighted by Crippen LogP contribution is -2.41. The summed E-state index contributed by atoms with van der Waals surface area (Å²) >= 11 is 0. The molecule has 0 spiro atoms. The molecule has 0 aromatic carbocycles. The Labute approximate surface area is 111 Å². The smallest absolute Gasteiger partial charge is 0.310 e. The summed E-state index contributed by atoms with van der Waals surface area (Å²) in [5.74, 6) is 2.30. The van der Waals surface area contributed by atoms with E-state index in [-0.39, 0.29) is 22.9 Å². The topological polar surface area (TPSA) is 26.3 Å². The molecule has 2 bridgehead atoms. The van der Waals surface area contributed by atoms with Gasteiger partial charge in [-0.15, -0.1) is 0 Å². The molecule has 18 heavy (non-hydrogen) atoms. The zero-order valence-electron chi connectivity index (χ0n) is 12.7. The van der Waals surface area contributed by atoms with Crippen LogP contribution in [0.2, 0.25) is 0 Å². The van der Waals surface area contributed by atoms with Gasteiger partial charge in [-0.2, -0.15) is 0 Å². The van der Waals surface area contributed by atoms with Gasteiger partial charge in [-0.1, -0.05) is 27.7 Å². The summed E-state index contributed by atoms with van der Waals surface area (Å²) in [7, 11) is 0. The minimum absolute atomic E-state index is 0.0469. The van der Waals surface area contributed by atoms with E-state index in [1.165, 1.54) is 6.42 Å². The van der Waals surface area contributed by atoms with Gasteiger partial charge < -0.3 is 4.74 Å². The predicted octanol–water partition coefficient (Wildman–Crippen LogP) is 4.04. The van der Waals surface area contributed by atoms with Crippen LogP contribution in [0.1, 0.15) is 60.8 Å². The normalized spacial score (nSPS) is 43.2. The van der Waals surface area contributed by atoms with Crippen molar-refractivity contribution in [2.24, 2.45) is 29.1 Å². The molecule has 0 aliphatic heterocycles. The Morgan fingerprint density at radius 1 is 1.39 bits per heavy atom. The van der Waals surface area contributed by atoms with E-state index in [0.717, 1.165) is 24.7 Å². The summed E-state index contributed by atoms with van der Waals surface area (Å²) in [6.45, 7) is 13.0. The Balaban J connectivity index is 2.10. The largest absolute Gasteiger partial charge is 0.459 e. The second-order valence-corrected chi connectivity index (χ2v) is 7.44. The van der Waals surface area contributed by atoms with Crippen LogP contribution < -0.4 is 0 Å². The van der Waals surface area contributed by atoms with Crippen LogP contribution in [0, 0.1) is 29.1 Å². The molecule has 5 atom stereocenters. The second-order valence-electron chi connectivity index (χ2n) is 7.44. The fraction of sp³-hybridized carbons (Fsp3) is 0.938. The third-order valence-electron chi connectivity index (χ3n) is 6.12. The van der Waals surface area contributed by atoms with E-state index in [0.29, 0.717) is 5.92 Å². The average molecular weight is 252 g/mol. The molecule has 2 saturated carbocycles. The Bertz CT molecular complexity index is 347. The van der Waals surface area contributed by atoms with Crippen molar-refractivity contribution >= 4 is 5.97 Å². The molecule has 2 aliphatic rings. The lowest BCUT2D eigenvalue weighted by Gasteiger charge is -2.39. The van der Waals surface area contributed by atoms with Crippen LogP contribution in [-0.4, -0.2) is 11.6 Å². The molecular weight excluding hydrogens is 224 g/mol. The molecular formula is C16H28O2. The lowest BCUT2D eigenvalue weighted by molar-refractivity contribution is -0.168. The fourth-order valence-electron chi connectivity index (χ4n) is 4.06. The van der Waals surface area contributed by atoms with Crippen LogP contribution in [0.4, 0.5) is 0 Å². The minimum atomic E-state index is -0.315. The molecule has 2 heteroatoms. The van der Waals surface area contributed by atoms with Crippen molar-refractivity contribution in [2.45, 2.75) is 66.4 Å². The summed E-state index contributed by atoms with van der Waals surface area (Å²) in [4.78, 5) is 12.4. The lowest BCUT2D eigenvalue weighted by atomic mass is 9.66. The number of hydrogen-bond acceptors (Lipinski definition) is 2. The van der Waals surface area contributed by atoms with E-state index >= 15 is 0 Å². The highest BCUT2D eigenvalue weighted by Crippen LogP contribution is 2.63. The monoisotopic (exact) mass is 252 g/mol. The van der Waals surface area contributed by atoms with Crippen molar-refractivity contribution in [1.29, 1.82) is 0 Å². The highest BCUT2D eigenvalue weighted by atomic mass is 16.6. The third-order valence-corrected chi connectivity index (χ3v) is 6.12. The van der Waals surface area contributed by atoms with Crippen LogP contribution in [0.15, 0.2) is 0 Å². The zero-order chi connectivity index (χ0) is 13.7. The Morgan fingerprint density at radius 2 is 2.00 bits per heavy atom. The Morgan fingerprint density at radius 3 is 2.44 bits per heavy atom. The molecule has 2 nitrogen and oxygen atoms in total. The number of ether oxygens (including phenoxy) is 1. The van der Waals surface area contributed by atoms with Crippen molar-refractivity contribution in [3.05, 3.63) is 0 Å². The molecule has 0 saturated heterocycles. The number of esters is 1. The average Bonchev–Trinajstić information content (AvgIpc) is 2.74. The Kier molecular flexibility index (Phi) is 3.28. The van der Waals surface area contributed by atoms with Crippen molar-refractivity contribution in [2.75, 3.05) is 0 Å². The van der Waals surface area contributed by atoms with Gasteiger partial charge in [-0.05, 0) is 56.3 Å². The van der Waals surface area contributed by atoms with E-state index < -0.39 is 0 Å². The van der Waals surface area contributed by atoms with E-state index in [1.54, 1.807) is 0 Å². The van der Waals surface area contributed by atoms with Gasteiger partial charge in [-0.25, -0.2) is 0 Å². The first-order valence-electron chi connectivity index (χ1n) is 7.44. The quantitative estimate of drug-likeness (QED) is 0.709. The zero-order valence-corrected chi connectivity index (χ0v) is 12.7. The molecule has 2 rings (SSSR count). The van der Waals surface area contributed by atoms with Crippen LogP contribution >= 0.6 is 0 Å². The third kappa shape index (κ3) is 1.98. The molecule has 0 aromatic heterocycles. The summed E-state index contributed by atoms with van der Waals surface area (Å²) in [6.07, 6.45) is 3.12. The number of fused-ring (bicyclic) bond motifs is 2. The minimum Gasteiger partial charge on any atom is -0.459 e. The van der Waals surface area contributed by atoms with Crippen molar-refractivity contribution in [3.8, 4) is 0 Å². The summed E-state index contributed by atoms with van der Waals surface area (Å²) in [5.41, 5.74) is -0.144. The highest BCUT2D eigenvalue weighted by molar-refractivity contribution is 5.74. The van der Waals surface area contributed by atoms with Crippen LogP contribution in [0.5, 0.6) is 0 Å². The van der Waals surface area contributed by atoms with E-state index in [9.17, 15) is 4.79 Å². The first-order chi connectivity index (χ1) is 8.21. The SMILES string of the molecule is CCC(C)(C)OC(=O)C1CC2CC1(C)C(C)C2C. The number of hydrogen-bond donors (Lipinski definition) is 0. The number of rotatable bonds is 3. The molecule has 0 amide bonds. The highest BCUT2D eigenvalue weighted by Gasteiger charge is 2.59. The first-order valence-corrected chi connectivity index (χ1v) is 7.44. The first kappa shape index (κ1) is 13.9. The van der Waals surface area contributed by atoms with Gasteiger partial charge >= 0.3 is 5.97 Å². The van der Waals surface area contributed by atoms with E-state index in [4.69, 9.17) is 4.74 Å². The van der Waals surface area contributed by atoms with Gasteiger partial charge in [0.2, 0.25) is 0 Å². The molecule has 104 valence electrons. The number of carbonyl (C=O) groups excluding carboxylic acids is 1. The molecule has 2 aliphatic carbocycles. The molecule has 0 heterocycles. The van der Waals surface area contributed by atoms with Gasteiger partial charge in [0, 0.05) is 0 Å². The van der Waals surface area contributed by atoms with Crippen molar-refractivity contribution in [3.63, 3.8) is 0 Å².